The van der Waals surface area contributed by atoms with Gasteiger partial charge in [0.2, 0.25) is 0 Å². The first-order valence-corrected chi connectivity index (χ1v) is 10.4. The largest absolute Gasteiger partial charge is 0.497 e. The van der Waals surface area contributed by atoms with Gasteiger partial charge in [-0.15, -0.1) is 0 Å². The number of aryl methyl sites for hydroxylation is 1. The van der Waals surface area contributed by atoms with Gasteiger partial charge < -0.3 is 10.1 Å². The van der Waals surface area contributed by atoms with Crippen LogP contribution < -0.4 is 14.4 Å². The Labute approximate surface area is 170 Å². The normalized spacial score (nSPS) is 11.0. The maximum absolute atomic E-state index is 12.9. The zero-order chi connectivity index (χ0) is 21.0. The summed E-state index contributed by atoms with van der Waals surface area (Å²) in [6.07, 6.45) is 0. The summed E-state index contributed by atoms with van der Waals surface area (Å²) >= 11 is 0. The van der Waals surface area contributed by atoms with E-state index in [2.05, 4.69) is 5.32 Å². The van der Waals surface area contributed by atoms with Gasteiger partial charge in [0.15, 0.2) is 0 Å². The van der Waals surface area contributed by atoms with Crippen LogP contribution in [0.25, 0.3) is 0 Å². The van der Waals surface area contributed by atoms with Crippen molar-refractivity contribution >= 4 is 27.3 Å². The standard InChI is InChI=1S/C22H22N2O4S/c1-16-12-13-17(22(25)23-18-8-7-9-19(15-18)28-3)14-21(16)24(2)29(26,27)20-10-5-4-6-11-20/h4-15H,1-3H3,(H,23,25). The van der Waals surface area contributed by atoms with Gasteiger partial charge >= 0.3 is 0 Å². The summed E-state index contributed by atoms with van der Waals surface area (Å²) in [7, 11) is -0.707. The van der Waals surface area contributed by atoms with Gasteiger partial charge in [-0.3, -0.25) is 9.10 Å². The monoisotopic (exact) mass is 410 g/mol. The molecule has 29 heavy (non-hydrogen) atoms. The quantitative estimate of drug-likeness (QED) is 0.664. The summed E-state index contributed by atoms with van der Waals surface area (Å²) in [5.74, 6) is 0.283. The first-order valence-electron chi connectivity index (χ1n) is 8.93. The number of amides is 1. The van der Waals surface area contributed by atoms with Crippen LogP contribution in [0.4, 0.5) is 11.4 Å². The van der Waals surface area contributed by atoms with Crippen LogP contribution in [-0.2, 0) is 10.0 Å². The maximum Gasteiger partial charge on any atom is 0.264 e. The third-order valence-corrected chi connectivity index (χ3v) is 6.33. The number of ether oxygens (including phenoxy) is 1. The summed E-state index contributed by atoms with van der Waals surface area (Å²) in [5.41, 5.74) is 2.11. The van der Waals surface area contributed by atoms with Crippen molar-refractivity contribution in [3.05, 3.63) is 83.9 Å². The molecule has 0 aliphatic carbocycles. The van der Waals surface area contributed by atoms with E-state index in [1.165, 1.54) is 11.4 Å². The van der Waals surface area contributed by atoms with Gasteiger partial charge in [-0.25, -0.2) is 8.42 Å². The van der Waals surface area contributed by atoms with Gasteiger partial charge in [0, 0.05) is 24.4 Å². The van der Waals surface area contributed by atoms with Gasteiger partial charge in [-0.05, 0) is 48.9 Å². The number of methoxy groups -OCH3 is 1. The Morgan fingerprint density at radius 3 is 2.38 bits per heavy atom. The van der Waals surface area contributed by atoms with E-state index in [4.69, 9.17) is 4.74 Å². The highest BCUT2D eigenvalue weighted by Crippen LogP contribution is 2.27. The van der Waals surface area contributed by atoms with E-state index in [-0.39, 0.29) is 10.8 Å². The summed E-state index contributed by atoms with van der Waals surface area (Å²) in [4.78, 5) is 12.9. The van der Waals surface area contributed by atoms with Crippen molar-refractivity contribution in [3.63, 3.8) is 0 Å². The zero-order valence-corrected chi connectivity index (χ0v) is 17.2. The van der Waals surface area contributed by atoms with Crippen LogP contribution in [0, 0.1) is 6.92 Å². The summed E-state index contributed by atoms with van der Waals surface area (Å²) < 4.78 is 32.2. The lowest BCUT2D eigenvalue weighted by atomic mass is 10.1. The number of carbonyl (C=O) groups excluding carboxylic acids is 1. The van der Waals surface area contributed by atoms with Crippen LogP contribution >= 0.6 is 0 Å². The molecule has 0 unspecified atom stereocenters. The van der Waals surface area contributed by atoms with Crippen LogP contribution in [0.3, 0.4) is 0 Å². The average Bonchev–Trinajstić information content (AvgIpc) is 2.74. The molecule has 0 aliphatic heterocycles. The number of sulfonamides is 1. The Morgan fingerprint density at radius 2 is 1.69 bits per heavy atom. The van der Waals surface area contributed by atoms with Crippen molar-refractivity contribution in [2.45, 2.75) is 11.8 Å². The molecule has 3 aromatic carbocycles. The number of anilines is 2. The second-order valence-electron chi connectivity index (χ2n) is 6.47. The van der Waals surface area contributed by atoms with Crippen LogP contribution in [-0.4, -0.2) is 28.5 Å². The number of nitrogens with zero attached hydrogens (tertiary/aromatic N) is 1. The zero-order valence-electron chi connectivity index (χ0n) is 16.4. The van der Waals surface area contributed by atoms with Crippen molar-refractivity contribution in [1.29, 1.82) is 0 Å². The number of benzene rings is 3. The highest BCUT2D eigenvalue weighted by atomic mass is 32.2. The van der Waals surface area contributed by atoms with E-state index >= 15 is 0 Å². The van der Waals surface area contributed by atoms with E-state index in [0.29, 0.717) is 22.7 Å². The third kappa shape index (κ3) is 4.41. The Bertz CT molecular complexity index is 1130. The minimum Gasteiger partial charge on any atom is -0.497 e. The predicted molar refractivity (Wildman–Crippen MR) is 114 cm³/mol. The molecule has 6 nitrogen and oxygen atoms in total. The fourth-order valence-electron chi connectivity index (χ4n) is 2.87. The molecule has 0 saturated carbocycles. The molecule has 3 aromatic rings. The molecule has 0 radical (unpaired) electrons. The number of nitrogens with one attached hydrogen (secondary N) is 1. The summed E-state index contributed by atoms with van der Waals surface area (Å²) in [5, 5.41) is 2.80. The minimum absolute atomic E-state index is 0.188. The Balaban J connectivity index is 1.90. The fraction of sp³-hybridized carbons (Fsp3) is 0.136. The molecule has 0 fully saturated rings. The second-order valence-corrected chi connectivity index (χ2v) is 8.44. The van der Waals surface area contributed by atoms with Crippen LogP contribution in [0.2, 0.25) is 0 Å². The van der Waals surface area contributed by atoms with Gasteiger partial charge in [0.05, 0.1) is 17.7 Å². The smallest absolute Gasteiger partial charge is 0.264 e. The van der Waals surface area contributed by atoms with Gasteiger partial charge in [0.1, 0.15) is 5.75 Å². The second kappa shape index (κ2) is 8.36. The van der Waals surface area contributed by atoms with E-state index in [0.717, 1.165) is 5.56 Å². The van der Waals surface area contributed by atoms with Gasteiger partial charge in [-0.2, -0.15) is 0 Å². The number of rotatable bonds is 6. The molecular weight excluding hydrogens is 388 g/mol. The molecule has 0 saturated heterocycles. The van der Waals surface area contributed by atoms with Gasteiger partial charge in [-0.1, -0.05) is 30.3 Å². The molecule has 1 N–H and O–H groups in total. The Kier molecular flexibility index (Phi) is 5.89. The number of carbonyl (C=O) groups is 1. The molecule has 0 spiro atoms. The van der Waals surface area contributed by atoms with Crippen molar-refractivity contribution in [2.75, 3.05) is 23.8 Å². The van der Waals surface area contributed by atoms with Gasteiger partial charge in [0.25, 0.3) is 15.9 Å². The first kappa shape index (κ1) is 20.4. The molecule has 150 valence electrons. The number of hydrogen-bond acceptors (Lipinski definition) is 4. The predicted octanol–water partition coefficient (Wildman–Crippen LogP) is 4.08. The molecule has 3 rings (SSSR count). The number of hydrogen-bond donors (Lipinski definition) is 1. The highest BCUT2D eigenvalue weighted by Gasteiger charge is 2.23. The fourth-order valence-corrected chi connectivity index (χ4v) is 4.15. The van der Waals surface area contributed by atoms with Crippen LogP contribution in [0.1, 0.15) is 15.9 Å². The molecule has 0 heterocycles. The topological polar surface area (TPSA) is 75.7 Å². The SMILES string of the molecule is COc1cccc(NC(=O)c2ccc(C)c(N(C)S(=O)(=O)c3ccccc3)c2)c1. The molecule has 7 heteroatoms. The van der Waals surface area contributed by atoms with Crippen molar-refractivity contribution in [2.24, 2.45) is 0 Å². The molecular formula is C22H22N2O4S. The van der Waals surface area contributed by atoms with Crippen molar-refractivity contribution in [1.82, 2.24) is 0 Å². The van der Waals surface area contributed by atoms with Crippen molar-refractivity contribution in [3.8, 4) is 5.75 Å². The van der Waals surface area contributed by atoms with Crippen LogP contribution in [0.5, 0.6) is 5.75 Å². The lowest BCUT2D eigenvalue weighted by molar-refractivity contribution is 0.102. The van der Waals surface area contributed by atoms with E-state index in [1.54, 1.807) is 86.8 Å². The van der Waals surface area contributed by atoms with E-state index < -0.39 is 10.0 Å². The molecule has 0 aliphatic rings. The first-order chi connectivity index (χ1) is 13.8. The Morgan fingerprint density at radius 1 is 0.966 bits per heavy atom. The van der Waals surface area contributed by atoms with E-state index in [1.807, 2.05) is 0 Å². The molecule has 1 amide bonds. The maximum atomic E-state index is 12.9. The lowest BCUT2D eigenvalue weighted by Crippen LogP contribution is -2.27. The van der Waals surface area contributed by atoms with Crippen LogP contribution in [0.15, 0.2) is 77.7 Å². The molecule has 0 bridgehead atoms. The lowest BCUT2D eigenvalue weighted by Gasteiger charge is -2.22. The van der Waals surface area contributed by atoms with Crippen molar-refractivity contribution < 1.29 is 17.9 Å². The highest BCUT2D eigenvalue weighted by molar-refractivity contribution is 7.92. The molecule has 0 atom stereocenters. The molecule has 0 aromatic heterocycles. The minimum atomic E-state index is -3.74. The Hall–Kier alpha value is -3.32. The third-order valence-electron chi connectivity index (χ3n) is 4.54. The van der Waals surface area contributed by atoms with E-state index in [9.17, 15) is 13.2 Å². The summed E-state index contributed by atoms with van der Waals surface area (Å²) in [6, 6.07) is 20.2. The summed E-state index contributed by atoms with van der Waals surface area (Å²) in [6.45, 7) is 1.80. The average molecular weight is 410 g/mol.